The molecule has 0 aliphatic heterocycles. The highest BCUT2D eigenvalue weighted by molar-refractivity contribution is 7.10. The number of carbonyl (C=O) groups excluding carboxylic acids is 1. The summed E-state index contributed by atoms with van der Waals surface area (Å²) in [6, 6.07) is 9.47. The molecule has 94 valence electrons. The van der Waals surface area contributed by atoms with Crippen LogP contribution in [0.15, 0.2) is 35.7 Å². The monoisotopic (exact) mass is 259 g/mol. The minimum Gasteiger partial charge on any atom is -0.399 e. The van der Waals surface area contributed by atoms with E-state index in [9.17, 15) is 4.79 Å². The summed E-state index contributed by atoms with van der Waals surface area (Å²) >= 11 is 1.61. The number of carbonyl (C=O) groups is 1. The van der Waals surface area contributed by atoms with Gasteiger partial charge in [0.25, 0.3) is 0 Å². The number of nitrogen functional groups attached to an aromatic ring is 1. The largest absolute Gasteiger partial charge is 0.399 e. The maximum atomic E-state index is 12.5. The van der Waals surface area contributed by atoms with Gasteiger partial charge < -0.3 is 5.73 Å². The Morgan fingerprint density at radius 3 is 2.33 bits per heavy atom. The normalized spacial score (nSPS) is 11.5. The molecule has 1 aromatic carbocycles. The van der Waals surface area contributed by atoms with Gasteiger partial charge in [-0.05, 0) is 44.5 Å². The first-order valence-corrected chi connectivity index (χ1v) is 6.75. The summed E-state index contributed by atoms with van der Waals surface area (Å²) < 4.78 is 0. The molecule has 0 saturated carbocycles. The molecule has 1 aromatic heterocycles. The smallest absolute Gasteiger partial charge is 0.173 e. The molecule has 0 radical (unpaired) electrons. The van der Waals surface area contributed by atoms with Gasteiger partial charge >= 0.3 is 0 Å². The van der Waals surface area contributed by atoms with Crippen molar-refractivity contribution >= 4 is 22.8 Å². The van der Waals surface area contributed by atoms with Crippen LogP contribution in [0, 0.1) is 6.92 Å². The Labute approximate surface area is 111 Å². The van der Waals surface area contributed by atoms with E-state index in [1.807, 2.05) is 56.5 Å². The summed E-state index contributed by atoms with van der Waals surface area (Å²) in [6.07, 6.45) is 0. The highest BCUT2D eigenvalue weighted by atomic mass is 32.1. The molecule has 0 unspecified atom stereocenters. The number of hydrogen-bond donors (Lipinski definition) is 1. The molecule has 0 aliphatic rings. The minimum absolute atomic E-state index is 0.150. The van der Waals surface area contributed by atoms with Crippen LogP contribution in [0.3, 0.4) is 0 Å². The minimum atomic E-state index is -0.527. The van der Waals surface area contributed by atoms with Crippen molar-refractivity contribution in [2.24, 2.45) is 0 Å². The fourth-order valence-corrected chi connectivity index (χ4v) is 2.64. The van der Waals surface area contributed by atoms with Crippen LogP contribution in [0.5, 0.6) is 0 Å². The maximum Gasteiger partial charge on any atom is 0.173 e. The van der Waals surface area contributed by atoms with E-state index in [-0.39, 0.29) is 5.78 Å². The van der Waals surface area contributed by atoms with Crippen LogP contribution in [0.25, 0.3) is 0 Å². The van der Waals surface area contributed by atoms with Crippen molar-refractivity contribution in [1.82, 2.24) is 0 Å². The highest BCUT2D eigenvalue weighted by Crippen LogP contribution is 2.29. The maximum absolute atomic E-state index is 12.5. The lowest BCUT2D eigenvalue weighted by atomic mass is 9.78. The first kappa shape index (κ1) is 12.8. The molecule has 3 heteroatoms. The topological polar surface area (TPSA) is 43.1 Å². The van der Waals surface area contributed by atoms with Gasteiger partial charge in [0.1, 0.15) is 0 Å². The van der Waals surface area contributed by atoms with E-state index in [0.29, 0.717) is 5.69 Å². The van der Waals surface area contributed by atoms with Crippen LogP contribution >= 0.6 is 11.3 Å². The number of hydrogen-bond acceptors (Lipinski definition) is 3. The second-order valence-electron chi connectivity index (χ2n) is 5.02. The summed E-state index contributed by atoms with van der Waals surface area (Å²) in [5.74, 6) is 0.150. The number of Topliss-reactive ketones (excluding diaryl/α,β-unsaturated/α-hetero) is 1. The Kier molecular flexibility index (Phi) is 3.26. The van der Waals surface area contributed by atoms with Gasteiger partial charge in [0.05, 0.1) is 5.41 Å². The van der Waals surface area contributed by atoms with Crippen LogP contribution in [0.4, 0.5) is 5.69 Å². The number of anilines is 1. The Hall–Kier alpha value is -1.61. The molecule has 0 atom stereocenters. The van der Waals surface area contributed by atoms with Crippen LogP contribution in [0.1, 0.15) is 34.6 Å². The van der Waals surface area contributed by atoms with Gasteiger partial charge in [-0.3, -0.25) is 4.79 Å². The van der Waals surface area contributed by atoms with E-state index in [4.69, 9.17) is 5.73 Å². The zero-order valence-corrected chi connectivity index (χ0v) is 11.7. The predicted octanol–water partition coefficient (Wildman–Crippen LogP) is 3.80. The Balaban J connectivity index is 2.36. The average Bonchev–Trinajstić information content (AvgIpc) is 2.75. The number of nitrogens with two attached hydrogens (primary N) is 1. The second kappa shape index (κ2) is 4.58. The molecule has 2 nitrogen and oxygen atoms in total. The third-order valence-corrected chi connectivity index (χ3v) is 4.05. The van der Waals surface area contributed by atoms with Gasteiger partial charge in [-0.2, -0.15) is 0 Å². The van der Waals surface area contributed by atoms with Crippen molar-refractivity contribution in [3.8, 4) is 0 Å². The molecule has 0 spiro atoms. The van der Waals surface area contributed by atoms with Crippen LogP contribution in [-0.4, -0.2) is 5.78 Å². The van der Waals surface area contributed by atoms with E-state index in [0.717, 1.165) is 16.0 Å². The van der Waals surface area contributed by atoms with Gasteiger partial charge in [0.15, 0.2) is 5.78 Å². The lowest BCUT2D eigenvalue weighted by Gasteiger charge is -2.23. The fraction of sp³-hybridized carbons (Fsp3) is 0.267. The summed E-state index contributed by atoms with van der Waals surface area (Å²) in [5.41, 5.74) is 7.65. The third kappa shape index (κ3) is 2.31. The predicted molar refractivity (Wildman–Crippen MR) is 77.3 cm³/mol. The molecule has 0 fully saturated rings. The molecule has 18 heavy (non-hydrogen) atoms. The fourth-order valence-electron chi connectivity index (χ4n) is 1.95. The first-order chi connectivity index (χ1) is 8.41. The lowest BCUT2D eigenvalue weighted by molar-refractivity contribution is 0.0909. The SMILES string of the molecule is Cc1cc(C(=O)C(C)(C)c2ccc(N)cc2)cs1. The summed E-state index contributed by atoms with van der Waals surface area (Å²) in [5, 5.41) is 1.93. The van der Waals surface area contributed by atoms with Crippen molar-refractivity contribution in [2.75, 3.05) is 5.73 Å². The zero-order valence-electron chi connectivity index (χ0n) is 10.9. The van der Waals surface area contributed by atoms with Crippen LogP contribution < -0.4 is 5.73 Å². The first-order valence-electron chi connectivity index (χ1n) is 5.87. The standard InChI is InChI=1S/C15H17NOS/c1-10-8-11(9-18-10)14(17)15(2,3)12-4-6-13(16)7-5-12/h4-9H,16H2,1-3H3. The van der Waals surface area contributed by atoms with E-state index in [1.165, 1.54) is 0 Å². The number of aryl methyl sites for hydroxylation is 1. The van der Waals surface area contributed by atoms with Gasteiger partial charge in [-0.15, -0.1) is 11.3 Å². The Bertz CT molecular complexity index is 566. The summed E-state index contributed by atoms with van der Waals surface area (Å²) in [4.78, 5) is 13.7. The van der Waals surface area contributed by atoms with Crippen LogP contribution in [-0.2, 0) is 5.41 Å². The molecule has 0 bridgehead atoms. The molecule has 0 aliphatic carbocycles. The van der Waals surface area contributed by atoms with Crippen molar-refractivity contribution in [3.63, 3.8) is 0 Å². The van der Waals surface area contributed by atoms with E-state index >= 15 is 0 Å². The van der Waals surface area contributed by atoms with E-state index in [2.05, 4.69) is 0 Å². The van der Waals surface area contributed by atoms with Crippen molar-refractivity contribution < 1.29 is 4.79 Å². The van der Waals surface area contributed by atoms with E-state index < -0.39 is 5.41 Å². The number of benzene rings is 1. The molecule has 2 rings (SSSR count). The molecule has 2 aromatic rings. The molecular formula is C15H17NOS. The van der Waals surface area contributed by atoms with Crippen molar-refractivity contribution in [2.45, 2.75) is 26.2 Å². The van der Waals surface area contributed by atoms with Crippen molar-refractivity contribution in [3.05, 3.63) is 51.7 Å². The quantitative estimate of drug-likeness (QED) is 0.673. The molecular weight excluding hydrogens is 242 g/mol. The Morgan fingerprint density at radius 1 is 1.22 bits per heavy atom. The number of ketones is 1. The molecule has 1 heterocycles. The number of thiophene rings is 1. The van der Waals surface area contributed by atoms with Gasteiger partial charge in [-0.1, -0.05) is 12.1 Å². The van der Waals surface area contributed by atoms with Crippen LogP contribution in [0.2, 0.25) is 0 Å². The highest BCUT2D eigenvalue weighted by Gasteiger charge is 2.30. The number of rotatable bonds is 3. The van der Waals surface area contributed by atoms with Gasteiger partial charge in [0.2, 0.25) is 0 Å². The molecule has 0 saturated heterocycles. The average molecular weight is 259 g/mol. The lowest BCUT2D eigenvalue weighted by Crippen LogP contribution is -2.28. The Morgan fingerprint density at radius 2 is 1.83 bits per heavy atom. The molecule has 2 N–H and O–H groups in total. The zero-order chi connectivity index (χ0) is 13.3. The molecule has 0 amide bonds. The summed E-state index contributed by atoms with van der Waals surface area (Å²) in [7, 11) is 0. The van der Waals surface area contributed by atoms with E-state index in [1.54, 1.807) is 11.3 Å². The third-order valence-electron chi connectivity index (χ3n) is 3.19. The van der Waals surface area contributed by atoms with Gasteiger partial charge in [0, 0.05) is 21.5 Å². The second-order valence-corrected chi connectivity index (χ2v) is 6.14. The summed E-state index contributed by atoms with van der Waals surface area (Å²) in [6.45, 7) is 5.92. The van der Waals surface area contributed by atoms with Crippen molar-refractivity contribution in [1.29, 1.82) is 0 Å². The van der Waals surface area contributed by atoms with Gasteiger partial charge in [-0.25, -0.2) is 0 Å².